The molecule has 0 amide bonds. The zero-order valence-electron chi connectivity index (χ0n) is 19.8. The number of hydrogen-bond donors (Lipinski definition) is 1. The fourth-order valence-corrected chi connectivity index (χ4v) is 4.08. The number of rotatable bonds is 10. The van der Waals surface area contributed by atoms with Crippen LogP contribution in [0.15, 0.2) is 69.8 Å². The van der Waals surface area contributed by atoms with E-state index in [1.807, 2.05) is 6.92 Å². The van der Waals surface area contributed by atoms with E-state index in [1.165, 1.54) is 11.8 Å². The van der Waals surface area contributed by atoms with Crippen molar-refractivity contribution in [2.45, 2.75) is 20.8 Å². The van der Waals surface area contributed by atoms with Gasteiger partial charge >= 0.3 is 11.9 Å². The highest BCUT2D eigenvalue weighted by Crippen LogP contribution is 2.40. The van der Waals surface area contributed by atoms with Crippen LogP contribution in [0.2, 0.25) is 0 Å². The van der Waals surface area contributed by atoms with E-state index >= 15 is 0 Å². The summed E-state index contributed by atoms with van der Waals surface area (Å²) in [4.78, 5) is 29.0. The van der Waals surface area contributed by atoms with Gasteiger partial charge in [-0.15, -0.1) is 0 Å². The van der Waals surface area contributed by atoms with Crippen molar-refractivity contribution in [3.8, 4) is 11.5 Å². The maximum atomic E-state index is 12.6. The van der Waals surface area contributed by atoms with Crippen LogP contribution in [0.3, 0.4) is 0 Å². The SMILES string of the molecule is CCOC(=O)COc1ccc(/C=C2\SC(=Nc3ccc(OCC)cc3)C(C(=O)OCC)=C2O)cc1. The van der Waals surface area contributed by atoms with Gasteiger partial charge in [-0.05, 0) is 68.8 Å². The summed E-state index contributed by atoms with van der Waals surface area (Å²) in [7, 11) is 0. The summed E-state index contributed by atoms with van der Waals surface area (Å²) in [6, 6.07) is 14.1. The third-order valence-electron chi connectivity index (χ3n) is 4.59. The molecule has 0 bridgehead atoms. The van der Waals surface area contributed by atoms with Crippen molar-refractivity contribution < 1.29 is 33.6 Å². The molecular formula is C26H27NO7S. The van der Waals surface area contributed by atoms with Crippen molar-refractivity contribution in [3.05, 3.63) is 70.3 Å². The van der Waals surface area contributed by atoms with Gasteiger partial charge in [0.15, 0.2) is 6.61 Å². The minimum Gasteiger partial charge on any atom is -0.506 e. The second-order valence-corrected chi connectivity index (χ2v) is 8.09. The number of benzene rings is 2. The zero-order valence-corrected chi connectivity index (χ0v) is 20.6. The predicted octanol–water partition coefficient (Wildman–Crippen LogP) is 5.22. The summed E-state index contributed by atoms with van der Waals surface area (Å²) in [5.41, 5.74) is 1.38. The van der Waals surface area contributed by atoms with Crippen molar-refractivity contribution in [2.24, 2.45) is 4.99 Å². The van der Waals surface area contributed by atoms with E-state index in [0.29, 0.717) is 34.6 Å². The monoisotopic (exact) mass is 497 g/mol. The number of esters is 2. The number of aliphatic hydroxyl groups is 1. The quantitative estimate of drug-likeness (QED) is 0.446. The Kier molecular flexibility index (Phi) is 9.37. The minimum absolute atomic E-state index is 0.0198. The first-order valence-corrected chi connectivity index (χ1v) is 12.0. The van der Waals surface area contributed by atoms with Crippen LogP contribution in [0.5, 0.6) is 11.5 Å². The molecule has 0 aromatic heterocycles. The molecule has 0 saturated carbocycles. The molecule has 1 heterocycles. The van der Waals surface area contributed by atoms with Crippen LogP contribution in [0.4, 0.5) is 5.69 Å². The van der Waals surface area contributed by atoms with Crippen LogP contribution in [-0.2, 0) is 19.1 Å². The number of carbonyl (C=O) groups is 2. The molecule has 0 fully saturated rings. The molecule has 0 spiro atoms. The maximum Gasteiger partial charge on any atom is 0.344 e. The Labute approximate surface area is 208 Å². The van der Waals surface area contributed by atoms with Gasteiger partial charge in [0.25, 0.3) is 0 Å². The molecule has 2 aromatic carbocycles. The van der Waals surface area contributed by atoms with Crippen LogP contribution >= 0.6 is 11.8 Å². The molecule has 0 unspecified atom stereocenters. The molecule has 0 radical (unpaired) electrons. The average Bonchev–Trinajstić information content (AvgIpc) is 3.14. The fourth-order valence-electron chi connectivity index (χ4n) is 3.05. The lowest BCUT2D eigenvalue weighted by Gasteiger charge is -2.06. The molecule has 184 valence electrons. The van der Waals surface area contributed by atoms with E-state index in [-0.39, 0.29) is 24.5 Å². The predicted molar refractivity (Wildman–Crippen MR) is 135 cm³/mol. The summed E-state index contributed by atoms with van der Waals surface area (Å²) in [5.74, 6) is -0.0603. The Bertz CT molecular complexity index is 1140. The van der Waals surface area contributed by atoms with Crippen LogP contribution in [0.1, 0.15) is 26.3 Å². The second-order valence-electron chi connectivity index (χ2n) is 7.06. The van der Waals surface area contributed by atoms with E-state index < -0.39 is 11.9 Å². The number of ether oxygens (including phenoxy) is 4. The zero-order chi connectivity index (χ0) is 25.2. The van der Waals surface area contributed by atoms with Gasteiger partial charge < -0.3 is 24.1 Å². The van der Waals surface area contributed by atoms with Crippen LogP contribution in [0, 0.1) is 0 Å². The van der Waals surface area contributed by atoms with Gasteiger partial charge in [-0.1, -0.05) is 23.9 Å². The Hall–Kier alpha value is -3.72. The van der Waals surface area contributed by atoms with Crippen LogP contribution in [-0.4, -0.2) is 48.5 Å². The summed E-state index contributed by atoms with van der Waals surface area (Å²) < 4.78 is 20.8. The number of thioether (sulfide) groups is 1. The first kappa shape index (κ1) is 25.9. The largest absolute Gasteiger partial charge is 0.506 e. The van der Waals surface area contributed by atoms with Crippen molar-refractivity contribution >= 4 is 40.5 Å². The normalized spacial score (nSPS) is 15.4. The number of aliphatic imine (C=N–C) groups is 1. The van der Waals surface area contributed by atoms with Crippen molar-refractivity contribution in [1.29, 1.82) is 0 Å². The number of hydrogen-bond acceptors (Lipinski definition) is 9. The minimum atomic E-state index is -0.645. The van der Waals surface area contributed by atoms with E-state index in [9.17, 15) is 14.7 Å². The third kappa shape index (κ3) is 7.13. The van der Waals surface area contributed by atoms with Gasteiger partial charge in [0.05, 0.1) is 30.4 Å². The summed E-state index contributed by atoms with van der Waals surface area (Å²) in [5, 5.41) is 11.2. The molecule has 0 saturated heterocycles. The Morgan fingerprint density at radius 1 is 0.886 bits per heavy atom. The molecule has 0 atom stereocenters. The van der Waals surface area contributed by atoms with Gasteiger partial charge in [0.1, 0.15) is 27.9 Å². The Balaban J connectivity index is 1.83. The fraction of sp³-hybridized carbons (Fsp3) is 0.269. The van der Waals surface area contributed by atoms with Crippen molar-refractivity contribution in [1.82, 2.24) is 0 Å². The lowest BCUT2D eigenvalue weighted by atomic mass is 10.1. The second kappa shape index (κ2) is 12.7. The first-order chi connectivity index (χ1) is 16.9. The maximum absolute atomic E-state index is 12.6. The van der Waals surface area contributed by atoms with Crippen LogP contribution in [0.25, 0.3) is 6.08 Å². The van der Waals surface area contributed by atoms with E-state index in [2.05, 4.69) is 4.99 Å². The van der Waals surface area contributed by atoms with Crippen molar-refractivity contribution in [2.75, 3.05) is 26.4 Å². The molecule has 1 aliphatic rings. The smallest absolute Gasteiger partial charge is 0.344 e. The van der Waals surface area contributed by atoms with E-state index in [1.54, 1.807) is 68.5 Å². The highest BCUT2D eigenvalue weighted by molar-refractivity contribution is 8.18. The summed E-state index contributed by atoms with van der Waals surface area (Å²) in [6.45, 7) is 6.17. The third-order valence-corrected chi connectivity index (χ3v) is 5.61. The molecule has 9 heteroatoms. The highest BCUT2D eigenvalue weighted by atomic mass is 32.2. The summed E-state index contributed by atoms with van der Waals surface area (Å²) in [6.07, 6.45) is 1.73. The molecule has 2 aromatic rings. The lowest BCUT2D eigenvalue weighted by molar-refractivity contribution is -0.145. The molecule has 1 N–H and O–H groups in total. The topological polar surface area (TPSA) is 104 Å². The summed E-state index contributed by atoms with van der Waals surface area (Å²) >= 11 is 1.17. The standard InChI is InChI=1S/C26H27NO7S/c1-4-31-19-13-9-18(10-14-19)27-25-23(26(30)33-6-3)24(29)21(35-25)15-17-7-11-20(12-8-17)34-16-22(28)32-5-2/h7-15,29H,4-6,16H2,1-3H3/b21-15-,27-25?. The molecular weight excluding hydrogens is 470 g/mol. The van der Waals surface area contributed by atoms with Gasteiger partial charge in [0.2, 0.25) is 0 Å². The molecule has 3 rings (SSSR count). The van der Waals surface area contributed by atoms with Gasteiger partial charge in [-0.3, -0.25) is 0 Å². The first-order valence-electron chi connectivity index (χ1n) is 11.2. The molecule has 0 aliphatic carbocycles. The number of nitrogens with zero attached hydrogens (tertiary/aromatic N) is 1. The highest BCUT2D eigenvalue weighted by Gasteiger charge is 2.33. The van der Waals surface area contributed by atoms with Crippen LogP contribution < -0.4 is 9.47 Å². The number of aliphatic hydroxyl groups excluding tert-OH is 1. The van der Waals surface area contributed by atoms with Gasteiger partial charge in [0, 0.05) is 0 Å². The molecule has 8 nitrogen and oxygen atoms in total. The van der Waals surface area contributed by atoms with E-state index in [4.69, 9.17) is 18.9 Å². The number of carbonyl (C=O) groups excluding carboxylic acids is 2. The average molecular weight is 498 g/mol. The van der Waals surface area contributed by atoms with E-state index in [0.717, 1.165) is 11.3 Å². The Morgan fingerprint density at radius 2 is 1.51 bits per heavy atom. The Morgan fingerprint density at radius 3 is 2.14 bits per heavy atom. The molecule has 1 aliphatic heterocycles. The molecule has 35 heavy (non-hydrogen) atoms. The van der Waals surface area contributed by atoms with Gasteiger partial charge in [-0.2, -0.15) is 0 Å². The van der Waals surface area contributed by atoms with Gasteiger partial charge in [-0.25, -0.2) is 14.6 Å². The van der Waals surface area contributed by atoms with Crippen molar-refractivity contribution in [3.63, 3.8) is 0 Å². The lowest BCUT2D eigenvalue weighted by Crippen LogP contribution is -2.14.